The van der Waals surface area contributed by atoms with Crippen molar-refractivity contribution in [2.75, 3.05) is 0 Å². The van der Waals surface area contributed by atoms with Crippen molar-refractivity contribution >= 4 is 5.97 Å². The predicted octanol–water partition coefficient (Wildman–Crippen LogP) is 3.01. The van der Waals surface area contributed by atoms with Gasteiger partial charge in [0.25, 0.3) is 0 Å². The summed E-state index contributed by atoms with van der Waals surface area (Å²) in [5, 5.41) is 0. The minimum atomic E-state index is -0.151. The number of esters is 1. The molecule has 2 heteroatoms. The molecule has 2 nitrogen and oxygen atoms in total. The number of fused-ring (bicyclic) bond motifs is 1. The Labute approximate surface area is 92.4 Å². The fourth-order valence-corrected chi connectivity index (χ4v) is 3.30. The van der Waals surface area contributed by atoms with Gasteiger partial charge in [0.2, 0.25) is 0 Å². The van der Waals surface area contributed by atoms with Crippen molar-refractivity contribution < 1.29 is 9.53 Å². The lowest BCUT2D eigenvalue weighted by atomic mass is 9.66. The molecule has 4 atom stereocenters. The molecule has 0 amide bonds. The number of hydrogen-bond acceptors (Lipinski definition) is 2. The lowest BCUT2D eigenvalue weighted by Gasteiger charge is -2.40. The van der Waals surface area contributed by atoms with Crippen LogP contribution in [0.4, 0.5) is 0 Å². The average molecular weight is 210 g/mol. The molecule has 0 spiro atoms. The van der Waals surface area contributed by atoms with Crippen LogP contribution in [0.1, 0.15) is 47.0 Å². The second kappa shape index (κ2) is 3.50. The van der Waals surface area contributed by atoms with Gasteiger partial charge in [-0.05, 0) is 38.0 Å². The molecule has 86 valence electrons. The first-order valence-electron chi connectivity index (χ1n) is 6.17. The van der Waals surface area contributed by atoms with Gasteiger partial charge < -0.3 is 4.74 Å². The largest absolute Gasteiger partial charge is 0.459 e. The lowest BCUT2D eigenvalue weighted by molar-refractivity contribution is -0.151. The third kappa shape index (κ3) is 1.68. The Kier molecular flexibility index (Phi) is 2.56. The molecule has 1 unspecified atom stereocenters. The van der Waals surface area contributed by atoms with E-state index in [9.17, 15) is 4.79 Å². The predicted molar refractivity (Wildman–Crippen MR) is 59.3 cm³/mol. The highest BCUT2D eigenvalue weighted by atomic mass is 16.6. The zero-order valence-electron chi connectivity index (χ0n) is 10.2. The Morgan fingerprint density at radius 1 is 1.47 bits per heavy atom. The Hall–Kier alpha value is -0.530. The zero-order valence-corrected chi connectivity index (χ0v) is 10.2. The van der Waals surface area contributed by atoms with E-state index in [-0.39, 0.29) is 17.5 Å². The van der Waals surface area contributed by atoms with E-state index in [0.29, 0.717) is 5.92 Å². The summed E-state index contributed by atoms with van der Waals surface area (Å²) in [7, 11) is 0. The average Bonchev–Trinajstić information content (AvgIpc) is 2.37. The first kappa shape index (κ1) is 11.0. The van der Waals surface area contributed by atoms with E-state index < -0.39 is 0 Å². The normalized spacial score (nSPS) is 45.4. The molecule has 0 aromatic carbocycles. The molecule has 1 aliphatic carbocycles. The first-order valence-corrected chi connectivity index (χ1v) is 6.17. The van der Waals surface area contributed by atoms with Crippen LogP contribution in [-0.2, 0) is 9.53 Å². The summed E-state index contributed by atoms with van der Waals surface area (Å²) in [6.07, 6.45) is 3.43. The molecular formula is C13H22O2. The highest BCUT2D eigenvalue weighted by Gasteiger charge is 2.53. The van der Waals surface area contributed by atoms with Gasteiger partial charge in [-0.2, -0.15) is 0 Å². The van der Waals surface area contributed by atoms with Crippen LogP contribution in [0, 0.1) is 23.7 Å². The van der Waals surface area contributed by atoms with Gasteiger partial charge in [0.1, 0.15) is 5.60 Å². The topological polar surface area (TPSA) is 26.3 Å². The van der Waals surface area contributed by atoms with Gasteiger partial charge >= 0.3 is 5.97 Å². The first-order chi connectivity index (χ1) is 6.94. The fraction of sp³-hybridized carbons (Fsp3) is 0.923. The summed E-state index contributed by atoms with van der Waals surface area (Å²) in [6, 6.07) is 0. The van der Waals surface area contributed by atoms with E-state index in [4.69, 9.17) is 4.74 Å². The van der Waals surface area contributed by atoms with Crippen molar-refractivity contribution in [2.24, 2.45) is 23.7 Å². The van der Waals surface area contributed by atoms with Gasteiger partial charge in [-0.3, -0.25) is 4.79 Å². The molecule has 1 aliphatic heterocycles. The third-order valence-corrected chi connectivity index (χ3v) is 4.60. The summed E-state index contributed by atoms with van der Waals surface area (Å²) >= 11 is 0. The van der Waals surface area contributed by atoms with Gasteiger partial charge in [0.15, 0.2) is 0 Å². The molecule has 1 saturated heterocycles. The molecule has 15 heavy (non-hydrogen) atoms. The Balaban J connectivity index is 2.15. The van der Waals surface area contributed by atoms with Crippen LogP contribution in [0.3, 0.4) is 0 Å². The van der Waals surface area contributed by atoms with Crippen LogP contribution < -0.4 is 0 Å². The minimum Gasteiger partial charge on any atom is -0.459 e. The van der Waals surface area contributed by atoms with Crippen molar-refractivity contribution in [3.63, 3.8) is 0 Å². The maximum absolute atomic E-state index is 11.6. The van der Waals surface area contributed by atoms with Crippen molar-refractivity contribution in [1.82, 2.24) is 0 Å². The number of hydrogen-bond donors (Lipinski definition) is 0. The quantitative estimate of drug-likeness (QED) is 0.622. The highest BCUT2D eigenvalue weighted by Crippen LogP contribution is 2.49. The number of carbonyl (C=O) groups excluding carboxylic acids is 1. The summed E-state index contributed by atoms with van der Waals surface area (Å²) in [6.45, 7) is 8.72. The molecule has 0 bridgehead atoms. The van der Waals surface area contributed by atoms with Crippen LogP contribution in [0.5, 0.6) is 0 Å². The van der Waals surface area contributed by atoms with Crippen LogP contribution in [0.25, 0.3) is 0 Å². The van der Waals surface area contributed by atoms with E-state index in [2.05, 4.69) is 20.8 Å². The van der Waals surface area contributed by atoms with Crippen molar-refractivity contribution in [2.45, 2.75) is 52.6 Å². The van der Waals surface area contributed by atoms with Crippen molar-refractivity contribution in [3.05, 3.63) is 0 Å². The minimum absolute atomic E-state index is 0.0203. The van der Waals surface area contributed by atoms with E-state index in [1.807, 2.05) is 6.92 Å². The monoisotopic (exact) mass is 210 g/mol. The Bertz CT molecular complexity index is 272. The van der Waals surface area contributed by atoms with E-state index in [1.54, 1.807) is 0 Å². The second-order valence-electron chi connectivity index (χ2n) is 5.91. The number of carbonyl (C=O) groups is 1. The van der Waals surface area contributed by atoms with Crippen LogP contribution in [0.2, 0.25) is 0 Å². The molecule has 2 fully saturated rings. The van der Waals surface area contributed by atoms with Gasteiger partial charge in [-0.15, -0.1) is 0 Å². The van der Waals surface area contributed by atoms with Gasteiger partial charge in [-0.25, -0.2) is 0 Å². The molecule has 1 saturated carbocycles. The Morgan fingerprint density at radius 3 is 2.73 bits per heavy atom. The van der Waals surface area contributed by atoms with Crippen molar-refractivity contribution in [3.8, 4) is 0 Å². The summed E-state index contributed by atoms with van der Waals surface area (Å²) in [4.78, 5) is 11.6. The molecule has 1 heterocycles. The fourth-order valence-electron chi connectivity index (χ4n) is 3.30. The van der Waals surface area contributed by atoms with Crippen molar-refractivity contribution in [1.29, 1.82) is 0 Å². The molecular weight excluding hydrogens is 188 g/mol. The SMILES string of the molecule is CC(C)[C@H]1CC[C@@]2(C)OC(=O)[C@H](C)C2C1. The van der Waals surface area contributed by atoms with E-state index in [0.717, 1.165) is 18.3 Å². The van der Waals surface area contributed by atoms with Crippen LogP contribution in [-0.4, -0.2) is 11.6 Å². The highest BCUT2D eigenvalue weighted by molar-refractivity contribution is 5.75. The maximum Gasteiger partial charge on any atom is 0.309 e. The third-order valence-electron chi connectivity index (χ3n) is 4.60. The molecule has 0 N–H and O–H groups in total. The summed E-state index contributed by atoms with van der Waals surface area (Å²) < 4.78 is 5.55. The maximum atomic E-state index is 11.6. The summed E-state index contributed by atoms with van der Waals surface area (Å²) in [5.74, 6) is 2.09. The molecule has 0 aromatic rings. The number of rotatable bonds is 1. The number of ether oxygens (including phenoxy) is 1. The summed E-state index contributed by atoms with van der Waals surface area (Å²) in [5.41, 5.74) is -0.151. The molecule has 2 aliphatic rings. The smallest absolute Gasteiger partial charge is 0.309 e. The van der Waals surface area contributed by atoms with E-state index in [1.165, 1.54) is 12.8 Å². The zero-order chi connectivity index (χ0) is 11.2. The lowest BCUT2D eigenvalue weighted by Crippen LogP contribution is -2.40. The molecule has 0 radical (unpaired) electrons. The molecule has 0 aromatic heterocycles. The Morgan fingerprint density at radius 2 is 2.13 bits per heavy atom. The van der Waals surface area contributed by atoms with Gasteiger partial charge in [0.05, 0.1) is 5.92 Å². The van der Waals surface area contributed by atoms with Crippen LogP contribution in [0.15, 0.2) is 0 Å². The standard InChI is InChI=1S/C13H22O2/c1-8(2)10-5-6-13(4)11(7-10)9(3)12(14)15-13/h8-11H,5-7H2,1-4H3/t9-,10+,11?,13-/m1/s1. The second-order valence-corrected chi connectivity index (χ2v) is 5.91. The van der Waals surface area contributed by atoms with Gasteiger partial charge in [0, 0.05) is 5.92 Å². The van der Waals surface area contributed by atoms with Gasteiger partial charge in [-0.1, -0.05) is 20.8 Å². The van der Waals surface area contributed by atoms with Crippen LogP contribution >= 0.6 is 0 Å². The molecule has 2 rings (SSSR count). The van der Waals surface area contributed by atoms with E-state index >= 15 is 0 Å².